The summed E-state index contributed by atoms with van der Waals surface area (Å²) in [6, 6.07) is 8.07. The van der Waals surface area contributed by atoms with E-state index in [-0.39, 0.29) is 33.5 Å². The second-order valence-corrected chi connectivity index (χ2v) is 7.46. The molecule has 0 aliphatic carbocycles. The summed E-state index contributed by atoms with van der Waals surface area (Å²) in [5, 5.41) is 3.80. The van der Waals surface area contributed by atoms with Crippen molar-refractivity contribution in [3.63, 3.8) is 0 Å². The zero-order valence-corrected chi connectivity index (χ0v) is 17.4. The fourth-order valence-electron chi connectivity index (χ4n) is 3.20. The Morgan fingerprint density at radius 2 is 1.83 bits per heavy atom. The first kappa shape index (κ1) is 22.4. The average molecular weight is 462 g/mol. The lowest BCUT2D eigenvalue weighted by atomic mass is 9.86. The van der Waals surface area contributed by atoms with Crippen LogP contribution in [0, 0.1) is 0 Å². The molecule has 30 heavy (non-hydrogen) atoms. The molecule has 0 radical (unpaired) electrons. The Labute approximate surface area is 180 Å². The molecular weight excluding hydrogens is 446 g/mol. The Balaban J connectivity index is 2.02. The van der Waals surface area contributed by atoms with Gasteiger partial charge in [-0.3, -0.25) is 0 Å². The van der Waals surface area contributed by atoms with Crippen molar-refractivity contribution >= 4 is 34.9 Å². The number of esters is 1. The predicted molar refractivity (Wildman–Crippen MR) is 105 cm³/mol. The molecule has 1 unspecified atom stereocenters. The lowest BCUT2D eigenvalue weighted by molar-refractivity contribution is -0.275. The molecule has 3 rings (SSSR count). The van der Waals surface area contributed by atoms with E-state index in [0.717, 1.165) is 12.1 Å². The highest BCUT2D eigenvalue weighted by molar-refractivity contribution is 6.34. The van der Waals surface area contributed by atoms with Gasteiger partial charge in [0, 0.05) is 29.1 Å². The molecule has 0 saturated heterocycles. The van der Waals surface area contributed by atoms with E-state index in [0.29, 0.717) is 11.1 Å². The normalized spacial score (nSPS) is 18.7. The highest BCUT2D eigenvalue weighted by Crippen LogP contribution is 2.49. The molecule has 0 bridgehead atoms. The second kappa shape index (κ2) is 8.45. The van der Waals surface area contributed by atoms with Gasteiger partial charge < -0.3 is 14.3 Å². The molecular formula is C20H16Cl2F3NO4. The minimum absolute atomic E-state index is 0.0444. The zero-order valence-electron chi connectivity index (χ0n) is 15.8. The summed E-state index contributed by atoms with van der Waals surface area (Å²) < 4.78 is 52.1. The largest absolute Gasteiger partial charge is 0.465 e. The van der Waals surface area contributed by atoms with Gasteiger partial charge in [0.15, 0.2) is 0 Å². The van der Waals surface area contributed by atoms with Crippen LogP contribution < -0.4 is 0 Å². The van der Waals surface area contributed by atoms with Gasteiger partial charge in [-0.05, 0) is 41.5 Å². The Bertz CT molecular complexity index is 990. The van der Waals surface area contributed by atoms with Gasteiger partial charge in [-0.15, -0.1) is 0 Å². The monoisotopic (exact) mass is 461 g/mol. The van der Waals surface area contributed by atoms with E-state index in [1.807, 2.05) is 0 Å². The molecule has 0 fully saturated rings. The minimum atomic E-state index is -4.80. The first-order valence-corrected chi connectivity index (χ1v) is 9.36. The van der Waals surface area contributed by atoms with E-state index < -0.39 is 24.2 Å². The third-order valence-corrected chi connectivity index (χ3v) is 5.09. The molecule has 1 aliphatic rings. The molecule has 0 amide bonds. The standard InChI is InChI=1S/C20H16Cl2F3NO4/c1-28-10-12-5-11(3-4-16(12)18(27)29-2)17-9-19(30-26-17,20(23,24)25)13-6-14(21)8-15(22)7-13/h3-8H,9-10H2,1-2H3. The summed E-state index contributed by atoms with van der Waals surface area (Å²) in [5.74, 6) is -0.587. The summed E-state index contributed by atoms with van der Waals surface area (Å²) >= 11 is 11.8. The first-order chi connectivity index (χ1) is 14.1. The van der Waals surface area contributed by atoms with E-state index in [9.17, 15) is 18.0 Å². The molecule has 2 aromatic carbocycles. The van der Waals surface area contributed by atoms with Crippen molar-refractivity contribution in [1.29, 1.82) is 0 Å². The van der Waals surface area contributed by atoms with Crippen molar-refractivity contribution in [2.75, 3.05) is 14.2 Å². The highest BCUT2D eigenvalue weighted by atomic mass is 35.5. The third kappa shape index (κ3) is 4.12. The molecule has 0 spiro atoms. The minimum Gasteiger partial charge on any atom is -0.465 e. The molecule has 160 valence electrons. The molecule has 0 aromatic heterocycles. The van der Waals surface area contributed by atoms with Gasteiger partial charge in [0.05, 0.1) is 25.0 Å². The summed E-state index contributed by atoms with van der Waals surface area (Å²) in [6.45, 7) is 0.0563. The SMILES string of the molecule is COCc1cc(C2=NOC(c3cc(Cl)cc(Cl)c3)(C(F)(F)F)C2)ccc1C(=O)OC. The van der Waals surface area contributed by atoms with Crippen LogP contribution in [-0.4, -0.2) is 32.1 Å². The lowest BCUT2D eigenvalue weighted by Gasteiger charge is -2.29. The summed E-state index contributed by atoms with van der Waals surface area (Å²) in [7, 11) is 2.66. The molecule has 10 heteroatoms. The number of benzene rings is 2. The van der Waals surface area contributed by atoms with Crippen molar-refractivity contribution in [2.45, 2.75) is 24.8 Å². The van der Waals surface area contributed by atoms with Crippen LogP contribution in [-0.2, 0) is 26.5 Å². The van der Waals surface area contributed by atoms with Crippen molar-refractivity contribution in [3.8, 4) is 0 Å². The maximum absolute atomic E-state index is 14.1. The first-order valence-electron chi connectivity index (χ1n) is 8.60. The number of nitrogens with zero attached hydrogens (tertiary/aromatic N) is 1. The predicted octanol–water partition coefficient (Wildman–Crippen LogP) is 5.51. The number of oxime groups is 1. The van der Waals surface area contributed by atoms with Crippen LogP contribution in [0.1, 0.15) is 33.5 Å². The fourth-order valence-corrected chi connectivity index (χ4v) is 3.73. The number of hydrogen-bond acceptors (Lipinski definition) is 5. The fraction of sp³-hybridized carbons (Fsp3) is 0.300. The molecule has 2 aromatic rings. The van der Waals surface area contributed by atoms with Gasteiger partial charge in [0.2, 0.25) is 0 Å². The van der Waals surface area contributed by atoms with Crippen molar-refractivity contribution in [1.82, 2.24) is 0 Å². The van der Waals surface area contributed by atoms with Gasteiger partial charge in [-0.1, -0.05) is 34.4 Å². The summed E-state index contributed by atoms with van der Waals surface area (Å²) in [5.41, 5.74) is -1.90. The maximum atomic E-state index is 14.1. The van der Waals surface area contributed by atoms with Crippen molar-refractivity contribution in [2.24, 2.45) is 5.16 Å². The average Bonchev–Trinajstić information content (AvgIpc) is 3.14. The maximum Gasteiger partial charge on any atom is 0.435 e. The van der Waals surface area contributed by atoms with Crippen LogP contribution in [0.25, 0.3) is 0 Å². The van der Waals surface area contributed by atoms with Crippen LogP contribution in [0.4, 0.5) is 13.2 Å². The number of rotatable bonds is 5. The van der Waals surface area contributed by atoms with Crippen LogP contribution >= 0.6 is 23.2 Å². The van der Waals surface area contributed by atoms with Gasteiger partial charge in [0.25, 0.3) is 5.60 Å². The number of hydrogen-bond donors (Lipinski definition) is 0. The third-order valence-electron chi connectivity index (χ3n) is 4.66. The number of ether oxygens (including phenoxy) is 2. The van der Waals surface area contributed by atoms with E-state index in [1.54, 1.807) is 0 Å². The van der Waals surface area contributed by atoms with E-state index in [2.05, 4.69) is 5.16 Å². The van der Waals surface area contributed by atoms with E-state index in [4.69, 9.17) is 37.5 Å². The molecule has 1 heterocycles. The van der Waals surface area contributed by atoms with E-state index >= 15 is 0 Å². The van der Waals surface area contributed by atoms with E-state index in [1.165, 1.54) is 38.5 Å². The smallest absolute Gasteiger partial charge is 0.435 e. The lowest BCUT2D eigenvalue weighted by Crippen LogP contribution is -2.42. The van der Waals surface area contributed by atoms with Crippen LogP contribution in [0.2, 0.25) is 10.0 Å². The summed E-state index contributed by atoms with van der Waals surface area (Å²) in [6.07, 6.45) is -5.40. The van der Waals surface area contributed by atoms with Gasteiger partial charge >= 0.3 is 12.1 Å². The molecule has 5 nitrogen and oxygen atoms in total. The molecule has 0 saturated carbocycles. The number of alkyl halides is 3. The molecule has 0 N–H and O–H groups in total. The number of methoxy groups -OCH3 is 2. The second-order valence-electron chi connectivity index (χ2n) is 6.59. The number of halogens is 5. The molecule has 1 aliphatic heterocycles. The highest BCUT2D eigenvalue weighted by Gasteiger charge is 2.62. The summed E-state index contributed by atoms with van der Waals surface area (Å²) in [4.78, 5) is 16.9. The van der Waals surface area contributed by atoms with Gasteiger partial charge in [-0.25, -0.2) is 4.79 Å². The quantitative estimate of drug-likeness (QED) is 0.550. The Kier molecular flexibility index (Phi) is 6.31. The Morgan fingerprint density at radius 3 is 2.40 bits per heavy atom. The van der Waals surface area contributed by atoms with Gasteiger partial charge in [0.1, 0.15) is 0 Å². The van der Waals surface area contributed by atoms with Crippen molar-refractivity contribution in [3.05, 3.63) is 68.7 Å². The van der Waals surface area contributed by atoms with Crippen LogP contribution in [0.3, 0.4) is 0 Å². The van der Waals surface area contributed by atoms with Crippen LogP contribution in [0.5, 0.6) is 0 Å². The topological polar surface area (TPSA) is 57.1 Å². The zero-order chi connectivity index (χ0) is 22.1. The van der Waals surface area contributed by atoms with Gasteiger partial charge in [-0.2, -0.15) is 13.2 Å². The molecule has 1 atom stereocenters. The Hall–Kier alpha value is -2.29. The Morgan fingerprint density at radius 1 is 1.17 bits per heavy atom. The number of carbonyl (C=O) groups excluding carboxylic acids is 1. The number of carbonyl (C=O) groups is 1. The van der Waals surface area contributed by atoms with Crippen LogP contribution in [0.15, 0.2) is 41.6 Å². The van der Waals surface area contributed by atoms with Crippen molar-refractivity contribution < 1.29 is 32.3 Å².